The van der Waals surface area contributed by atoms with E-state index in [4.69, 9.17) is 14.2 Å². The Morgan fingerprint density at radius 2 is 1.83 bits per heavy atom. The van der Waals surface area contributed by atoms with Gasteiger partial charge in [0.15, 0.2) is 5.78 Å². The fourth-order valence-electron chi connectivity index (χ4n) is 2.18. The first-order valence-corrected chi connectivity index (χ1v) is 7.67. The average Bonchev–Trinajstić information content (AvgIpc) is 2.60. The second kappa shape index (κ2) is 8.72. The summed E-state index contributed by atoms with van der Waals surface area (Å²) >= 11 is 0. The Morgan fingerprint density at radius 3 is 2.58 bits per heavy atom. The van der Waals surface area contributed by atoms with Crippen molar-refractivity contribution >= 4 is 11.8 Å². The Balaban J connectivity index is 2.08. The zero-order chi connectivity index (χ0) is 17.4. The van der Waals surface area contributed by atoms with Crippen LogP contribution in [0.15, 0.2) is 48.5 Å². The number of carbonyl (C=O) groups excluding carboxylic acids is 2. The van der Waals surface area contributed by atoms with Crippen molar-refractivity contribution in [3.8, 4) is 11.5 Å². The smallest absolute Gasteiger partial charge is 0.313 e. The van der Waals surface area contributed by atoms with E-state index in [0.29, 0.717) is 17.9 Å². The van der Waals surface area contributed by atoms with E-state index in [1.54, 1.807) is 38.3 Å². The van der Waals surface area contributed by atoms with E-state index in [0.717, 1.165) is 11.3 Å². The van der Waals surface area contributed by atoms with E-state index >= 15 is 0 Å². The Morgan fingerprint density at radius 1 is 1.04 bits per heavy atom. The lowest BCUT2D eigenvalue weighted by atomic mass is 10.1. The lowest BCUT2D eigenvalue weighted by Gasteiger charge is -2.11. The van der Waals surface area contributed by atoms with Crippen LogP contribution in [0.1, 0.15) is 29.3 Å². The summed E-state index contributed by atoms with van der Waals surface area (Å²) in [5, 5.41) is 0. The number of Topliss-reactive ketones (excluding diaryl/α,β-unsaturated/α-hetero) is 1. The van der Waals surface area contributed by atoms with E-state index in [9.17, 15) is 9.59 Å². The summed E-state index contributed by atoms with van der Waals surface area (Å²) in [6, 6.07) is 14.4. The molecule has 0 N–H and O–H groups in total. The Hall–Kier alpha value is -2.82. The third kappa shape index (κ3) is 4.84. The van der Waals surface area contributed by atoms with Gasteiger partial charge in [-0.2, -0.15) is 0 Å². The Bertz CT molecular complexity index is 708. The van der Waals surface area contributed by atoms with Crippen molar-refractivity contribution in [2.24, 2.45) is 0 Å². The van der Waals surface area contributed by atoms with Crippen molar-refractivity contribution in [1.82, 2.24) is 0 Å². The summed E-state index contributed by atoms with van der Waals surface area (Å²) in [6.07, 6.45) is -0.298. The summed E-state index contributed by atoms with van der Waals surface area (Å²) in [5.41, 5.74) is 1.29. The van der Waals surface area contributed by atoms with Gasteiger partial charge < -0.3 is 14.2 Å². The minimum Gasteiger partial charge on any atom is -0.497 e. The number of hydrogen-bond acceptors (Lipinski definition) is 5. The molecule has 0 fully saturated rings. The van der Waals surface area contributed by atoms with E-state index < -0.39 is 5.97 Å². The van der Waals surface area contributed by atoms with Gasteiger partial charge in [0.05, 0.1) is 19.3 Å². The highest BCUT2D eigenvalue weighted by atomic mass is 16.5. The second-order valence-electron chi connectivity index (χ2n) is 5.04. The zero-order valence-electron chi connectivity index (χ0n) is 13.8. The van der Waals surface area contributed by atoms with E-state index in [1.807, 2.05) is 24.3 Å². The lowest BCUT2D eigenvalue weighted by Crippen LogP contribution is -2.12. The van der Waals surface area contributed by atoms with Gasteiger partial charge in [0.1, 0.15) is 24.5 Å². The van der Waals surface area contributed by atoms with Crippen LogP contribution in [0, 0.1) is 0 Å². The Kier molecular flexibility index (Phi) is 6.37. The molecule has 0 amide bonds. The highest BCUT2D eigenvalue weighted by Crippen LogP contribution is 2.22. The molecule has 24 heavy (non-hydrogen) atoms. The fourth-order valence-corrected chi connectivity index (χ4v) is 2.18. The van der Waals surface area contributed by atoms with Crippen LogP contribution in [0.25, 0.3) is 0 Å². The minimum absolute atomic E-state index is 0.250. The molecule has 126 valence electrons. The zero-order valence-corrected chi connectivity index (χ0v) is 13.8. The summed E-state index contributed by atoms with van der Waals surface area (Å²) in [6.45, 7) is 2.24. The summed E-state index contributed by atoms with van der Waals surface area (Å²) in [5.74, 6) is 0.317. The van der Waals surface area contributed by atoms with E-state index in [-0.39, 0.29) is 18.8 Å². The molecule has 0 heterocycles. The summed E-state index contributed by atoms with van der Waals surface area (Å²) in [7, 11) is 1.60. The van der Waals surface area contributed by atoms with Crippen LogP contribution in [0.4, 0.5) is 0 Å². The number of methoxy groups -OCH3 is 1. The van der Waals surface area contributed by atoms with Crippen molar-refractivity contribution in [3.05, 3.63) is 59.7 Å². The molecule has 0 spiro atoms. The molecule has 5 heteroatoms. The molecule has 0 bridgehead atoms. The minimum atomic E-state index is -0.537. The van der Waals surface area contributed by atoms with Crippen LogP contribution < -0.4 is 9.47 Å². The molecule has 0 aromatic heterocycles. The van der Waals surface area contributed by atoms with E-state index in [1.165, 1.54) is 0 Å². The molecule has 0 atom stereocenters. The first kappa shape index (κ1) is 17.5. The molecule has 5 nitrogen and oxygen atoms in total. The van der Waals surface area contributed by atoms with Crippen molar-refractivity contribution in [2.45, 2.75) is 20.0 Å². The predicted octanol–water partition coefficient (Wildman–Crippen LogP) is 3.41. The molecule has 0 unspecified atom stereocenters. The molecule has 0 aliphatic carbocycles. The second-order valence-corrected chi connectivity index (χ2v) is 5.04. The van der Waals surface area contributed by atoms with Gasteiger partial charge in [-0.15, -0.1) is 0 Å². The van der Waals surface area contributed by atoms with Crippen molar-refractivity contribution in [2.75, 3.05) is 13.7 Å². The van der Waals surface area contributed by atoms with Gasteiger partial charge >= 0.3 is 5.97 Å². The first-order chi connectivity index (χ1) is 11.6. The number of rotatable bonds is 8. The molecule has 0 saturated carbocycles. The topological polar surface area (TPSA) is 61.8 Å². The maximum Gasteiger partial charge on any atom is 0.313 e. The first-order valence-electron chi connectivity index (χ1n) is 7.67. The van der Waals surface area contributed by atoms with Gasteiger partial charge in [-0.05, 0) is 36.8 Å². The molecule has 0 aliphatic heterocycles. The fraction of sp³-hybridized carbons (Fsp3) is 0.263. The van der Waals surface area contributed by atoms with Crippen molar-refractivity contribution in [1.29, 1.82) is 0 Å². The van der Waals surface area contributed by atoms with Crippen LogP contribution in [0.3, 0.4) is 0 Å². The highest BCUT2D eigenvalue weighted by molar-refractivity contribution is 6.07. The van der Waals surface area contributed by atoms with Crippen molar-refractivity contribution < 1.29 is 23.8 Å². The molecule has 0 saturated heterocycles. The van der Waals surface area contributed by atoms with Gasteiger partial charge in [-0.1, -0.05) is 24.3 Å². The lowest BCUT2D eigenvalue weighted by molar-refractivity contribution is -0.141. The molecule has 0 radical (unpaired) electrons. The number of carbonyl (C=O) groups is 2. The van der Waals surface area contributed by atoms with Crippen LogP contribution >= 0.6 is 0 Å². The molecular formula is C19H20O5. The quantitative estimate of drug-likeness (QED) is 0.422. The van der Waals surface area contributed by atoms with Crippen LogP contribution in [-0.2, 0) is 16.1 Å². The SMILES string of the molecule is CCOC(=O)CC(=O)c1ccccc1OCc1cccc(OC)c1. The van der Waals surface area contributed by atoms with Crippen LogP contribution in [-0.4, -0.2) is 25.5 Å². The van der Waals surface area contributed by atoms with Crippen molar-refractivity contribution in [3.63, 3.8) is 0 Å². The van der Waals surface area contributed by atoms with Crippen LogP contribution in [0.5, 0.6) is 11.5 Å². The monoisotopic (exact) mass is 328 g/mol. The van der Waals surface area contributed by atoms with E-state index in [2.05, 4.69) is 0 Å². The van der Waals surface area contributed by atoms with Crippen LogP contribution in [0.2, 0.25) is 0 Å². The number of ketones is 1. The summed E-state index contributed by atoms with van der Waals surface area (Å²) in [4.78, 5) is 23.8. The average molecular weight is 328 g/mol. The molecule has 2 aromatic rings. The molecule has 2 rings (SSSR count). The van der Waals surface area contributed by atoms with Gasteiger partial charge in [0.2, 0.25) is 0 Å². The molecule has 2 aromatic carbocycles. The standard InChI is InChI=1S/C19H20O5/c1-3-23-19(21)12-17(20)16-9-4-5-10-18(16)24-13-14-7-6-8-15(11-14)22-2/h4-11H,3,12-13H2,1-2H3. The predicted molar refractivity (Wildman–Crippen MR) is 89.3 cm³/mol. The molecular weight excluding hydrogens is 308 g/mol. The third-order valence-corrected chi connectivity index (χ3v) is 3.33. The largest absolute Gasteiger partial charge is 0.497 e. The Labute approximate surface area is 141 Å². The van der Waals surface area contributed by atoms with Gasteiger partial charge in [-0.3, -0.25) is 9.59 Å². The summed E-state index contributed by atoms with van der Waals surface area (Å²) < 4.78 is 15.7. The number of esters is 1. The van der Waals surface area contributed by atoms with Gasteiger partial charge in [0.25, 0.3) is 0 Å². The third-order valence-electron chi connectivity index (χ3n) is 3.33. The molecule has 0 aliphatic rings. The number of ether oxygens (including phenoxy) is 3. The highest BCUT2D eigenvalue weighted by Gasteiger charge is 2.16. The number of para-hydroxylation sites is 1. The maximum atomic E-state index is 12.3. The number of hydrogen-bond donors (Lipinski definition) is 0. The normalized spacial score (nSPS) is 10.1. The maximum absolute atomic E-state index is 12.3. The van der Waals surface area contributed by atoms with Gasteiger partial charge in [0, 0.05) is 0 Å². The van der Waals surface area contributed by atoms with Gasteiger partial charge in [-0.25, -0.2) is 0 Å². The number of benzene rings is 2.